The predicted molar refractivity (Wildman–Crippen MR) is 111 cm³/mol. The second-order valence-corrected chi connectivity index (χ2v) is 7.76. The number of carbonyl (C=O) groups is 2. The van der Waals surface area contributed by atoms with Crippen LogP contribution >= 0.6 is 35.0 Å². The van der Waals surface area contributed by atoms with E-state index in [-0.39, 0.29) is 34.6 Å². The topological polar surface area (TPSA) is 61.8 Å². The third-order valence-electron chi connectivity index (χ3n) is 3.60. The Morgan fingerprint density at radius 1 is 1.04 bits per heavy atom. The average molecular weight is 443 g/mol. The summed E-state index contributed by atoms with van der Waals surface area (Å²) in [7, 11) is 0. The molecule has 0 aromatic heterocycles. The number of aryl methyl sites for hydroxylation is 2. The minimum atomic E-state index is -0.922. The lowest BCUT2D eigenvalue weighted by Gasteiger charge is -2.11. The smallest absolute Gasteiger partial charge is 0.462 e. The number of halogens is 2. The summed E-state index contributed by atoms with van der Waals surface area (Å²) in [4.78, 5) is 24.8. The minimum absolute atomic E-state index is 0.0114. The molecule has 5 nitrogen and oxygen atoms in total. The van der Waals surface area contributed by atoms with Crippen LogP contribution in [0, 0.1) is 13.8 Å². The molecule has 8 heteroatoms. The maximum Gasteiger partial charge on any atom is 0.513 e. The van der Waals surface area contributed by atoms with Crippen molar-refractivity contribution >= 4 is 47.1 Å². The van der Waals surface area contributed by atoms with Crippen molar-refractivity contribution < 1.29 is 23.8 Å². The number of hydrogen-bond acceptors (Lipinski definition) is 6. The molecular weight excluding hydrogens is 423 g/mol. The van der Waals surface area contributed by atoms with Crippen molar-refractivity contribution in [3.63, 3.8) is 0 Å². The number of esters is 1. The maximum absolute atomic E-state index is 11.9. The highest BCUT2D eigenvalue weighted by molar-refractivity contribution is 7.99. The van der Waals surface area contributed by atoms with Crippen LogP contribution in [0.4, 0.5) is 4.79 Å². The van der Waals surface area contributed by atoms with E-state index in [2.05, 4.69) is 12.1 Å². The summed E-state index contributed by atoms with van der Waals surface area (Å²) in [6, 6.07) is 8.84. The minimum Gasteiger partial charge on any atom is -0.462 e. The largest absolute Gasteiger partial charge is 0.513 e. The fraction of sp³-hybridized carbons (Fsp3) is 0.300. The third-order valence-corrected chi connectivity index (χ3v) is 5.28. The van der Waals surface area contributed by atoms with Crippen LogP contribution in [0.2, 0.25) is 10.0 Å². The van der Waals surface area contributed by atoms with Crippen molar-refractivity contribution in [1.82, 2.24) is 0 Å². The summed E-state index contributed by atoms with van der Waals surface area (Å²) >= 11 is 13.7. The first kappa shape index (κ1) is 22.4. The molecule has 0 atom stereocenters. The fourth-order valence-corrected chi connectivity index (χ4v) is 3.76. The number of ether oxygens (including phenoxy) is 3. The molecule has 0 unspecified atom stereocenters. The molecule has 0 spiro atoms. The Bertz CT molecular complexity index is 847. The molecule has 0 heterocycles. The van der Waals surface area contributed by atoms with E-state index in [1.807, 2.05) is 19.9 Å². The summed E-state index contributed by atoms with van der Waals surface area (Å²) in [5.41, 5.74) is 2.50. The predicted octanol–water partition coefficient (Wildman–Crippen LogP) is 6.09. The van der Waals surface area contributed by atoms with Crippen molar-refractivity contribution in [2.45, 2.75) is 25.7 Å². The Morgan fingerprint density at radius 3 is 2.36 bits per heavy atom. The lowest BCUT2D eigenvalue weighted by atomic mass is 10.2. The Hall–Kier alpha value is -1.89. The molecule has 0 saturated carbocycles. The number of rotatable bonds is 7. The van der Waals surface area contributed by atoms with E-state index in [9.17, 15) is 9.59 Å². The van der Waals surface area contributed by atoms with Crippen LogP contribution in [0.25, 0.3) is 0 Å². The number of benzene rings is 2. The molecule has 28 heavy (non-hydrogen) atoms. The van der Waals surface area contributed by atoms with Crippen LogP contribution in [0.5, 0.6) is 5.75 Å². The molecule has 2 aromatic rings. The maximum atomic E-state index is 11.9. The van der Waals surface area contributed by atoms with Crippen molar-refractivity contribution in [3.8, 4) is 5.75 Å². The van der Waals surface area contributed by atoms with Gasteiger partial charge in [-0.3, -0.25) is 0 Å². The summed E-state index contributed by atoms with van der Waals surface area (Å²) in [5, 5.41) is 0.0227. The van der Waals surface area contributed by atoms with E-state index < -0.39 is 12.1 Å². The normalized spacial score (nSPS) is 10.5. The van der Waals surface area contributed by atoms with Gasteiger partial charge in [0.15, 0.2) is 5.75 Å². The molecule has 2 rings (SSSR count). The second-order valence-electron chi connectivity index (χ2n) is 5.81. The molecule has 0 radical (unpaired) electrons. The fourth-order valence-electron chi connectivity index (χ4n) is 2.24. The second kappa shape index (κ2) is 10.6. The zero-order chi connectivity index (χ0) is 20.7. The average Bonchev–Trinajstić information content (AvgIpc) is 2.64. The lowest BCUT2D eigenvalue weighted by molar-refractivity contribution is 0.0526. The van der Waals surface area contributed by atoms with Gasteiger partial charge in [0, 0.05) is 10.6 Å². The van der Waals surface area contributed by atoms with Gasteiger partial charge in [0.25, 0.3) is 0 Å². The van der Waals surface area contributed by atoms with Gasteiger partial charge in [-0.05, 0) is 44.5 Å². The molecule has 0 amide bonds. The monoisotopic (exact) mass is 442 g/mol. The van der Waals surface area contributed by atoms with E-state index >= 15 is 0 Å². The van der Waals surface area contributed by atoms with Gasteiger partial charge >= 0.3 is 12.1 Å². The van der Waals surface area contributed by atoms with E-state index in [1.165, 1.54) is 23.3 Å². The number of thioether (sulfide) groups is 1. The SMILES string of the molecule is CCOC(=O)c1cc(Cl)c(OC(=O)OCCSc2cc(C)ccc2C)c(Cl)c1. The summed E-state index contributed by atoms with van der Waals surface area (Å²) in [6.07, 6.45) is -0.922. The molecule has 0 saturated heterocycles. The molecule has 0 aliphatic rings. The van der Waals surface area contributed by atoms with Crippen molar-refractivity contribution in [2.24, 2.45) is 0 Å². The first-order valence-corrected chi connectivity index (χ1v) is 10.3. The molecule has 0 aliphatic carbocycles. The van der Waals surface area contributed by atoms with Gasteiger partial charge in [0.05, 0.1) is 22.2 Å². The molecule has 2 aromatic carbocycles. The molecule has 0 N–H and O–H groups in total. The van der Waals surface area contributed by atoms with E-state index in [4.69, 9.17) is 37.4 Å². The molecule has 0 aliphatic heterocycles. The van der Waals surface area contributed by atoms with Gasteiger partial charge in [0.2, 0.25) is 0 Å². The van der Waals surface area contributed by atoms with Crippen molar-refractivity contribution in [2.75, 3.05) is 19.0 Å². The Balaban J connectivity index is 1.89. The molecular formula is C20H20Cl2O5S. The van der Waals surface area contributed by atoms with Crippen LogP contribution < -0.4 is 4.74 Å². The molecule has 0 bridgehead atoms. The van der Waals surface area contributed by atoms with Gasteiger partial charge in [-0.2, -0.15) is 0 Å². The Morgan fingerprint density at radius 2 is 1.71 bits per heavy atom. The van der Waals surface area contributed by atoms with Gasteiger partial charge in [-0.1, -0.05) is 40.9 Å². The van der Waals surface area contributed by atoms with Crippen LogP contribution in [0.3, 0.4) is 0 Å². The van der Waals surface area contributed by atoms with Crippen LogP contribution in [0.15, 0.2) is 35.2 Å². The number of hydrogen-bond donors (Lipinski definition) is 0. The van der Waals surface area contributed by atoms with E-state index in [0.29, 0.717) is 5.75 Å². The summed E-state index contributed by atoms with van der Waals surface area (Å²) in [5.74, 6) is -0.0599. The van der Waals surface area contributed by atoms with Gasteiger partial charge in [-0.15, -0.1) is 11.8 Å². The number of carbonyl (C=O) groups excluding carboxylic acids is 2. The van der Waals surface area contributed by atoms with Gasteiger partial charge < -0.3 is 14.2 Å². The van der Waals surface area contributed by atoms with Gasteiger partial charge in [-0.25, -0.2) is 9.59 Å². The zero-order valence-corrected chi connectivity index (χ0v) is 18.0. The summed E-state index contributed by atoms with van der Waals surface area (Å²) < 4.78 is 15.0. The highest BCUT2D eigenvalue weighted by atomic mass is 35.5. The van der Waals surface area contributed by atoms with Crippen molar-refractivity contribution in [1.29, 1.82) is 0 Å². The van der Waals surface area contributed by atoms with E-state index in [1.54, 1.807) is 18.7 Å². The van der Waals surface area contributed by atoms with Crippen LogP contribution in [0.1, 0.15) is 28.4 Å². The first-order valence-electron chi connectivity index (χ1n) is 8.52. The lowest BCUT2D eigenvalue weighted by Crippen LogP contribution is -2.13. The highest BCUT2D eigenvalue weighted by Gasteiger charge is 2.18. The first-order chi connectivity index (χ1) is 13.3. The summed E-state index contributed by atoms with van der Waals surface area (Å²) in [6.45, 7) is 6.12. The van der Waals surface area contributed by atoms with Crippen LogP contribution in [-0.4, -0.2) is 31.1 Å². The standard InChI is InChI=1S/C20H20Cl2O5S/c1-4-25-19(23)14-10-15(21)18(16(22)11-14)27-20(24)26-7-8-28-17-9-12(2)5-6-13(17)3/h5-6,9-11H,4,7-8H2,1-3H3. The van der Waals surface area contributed by atoms with Gasteiger partial charge in [0.1, 0.15) is 6.61 Å². The third kappa shape index (κ3) is 6.33. The van der Waals surface area contributed by atoms with Crippen LogP contribution in [-0.2, 0) is 9.47 Å². The molecule has 0 fully saturated rings. The van der Waals surface area contributed by atoms with Crippen molar-refractivity contribution in [3.05, 3.63) is 57.1 Å². The quantitative estimate of drug-likeness (QED) is 0.223. The van der Waals surface area contributed by atoms with E-state index in [0.717, 1.165) is 4.90 Å². The Kier molecular flexibility index (Phi) is 8.48. The molecule has 150 valence electrons. The Labute approximate surface area is 178 Å². The highest BCUT2D eigenvalue weighted by Crippen LogP contribution is 2.34. The zero-order valence-electron chi connectivity index (χ0n) is 15.7.